The minimum absolute atomic E-state index is 0.0831. The molecule has 1 aromatic carbocycles. The topological polar surface area (TPSA) is 77.7 Å². The molecule has 2 aromatic heterocycles. The summed E-state index contributed by atoms with van der Waals surface area (Å²) in [6.07, 6.45) is 2.50. The van der Waals surface area contributed by atoms with E-state index < -0.39 is 0 Å². The fourth-order valence-electron chi connectivity index (χ4n) is 3.45. The molecule has 0 radical (unpaired) electrons. The maximum atomic E-state index is 12.6. The monoisotopic (exact) mass is 427 g/mol. The number of aryl methyl sites for hydroxylation is 1. The first kappa shape index (κ1) is 20.4. The predicted octanol–water partition coefficient (Wildman–Crippen LogP) is 4.20. The summed E-state index contributed by atoms with van der Waals surface area (Å²) >= 11 is 1.58. The first-order chi connectivity index (χ1) is 14.7. The van der Waals surface area contributed by atoms with Crippen LogP contribution in [0.25, 0.3) is 11.5 Å². The number of aromatic nitrogens is 2. The summed E-state index contributed by atoms with van der Waals surface area (Å²) in [7, 11) is 0. The number of rotatable bonds is 8. The van der Waals surface area contributed by atoms with Gasteiger partial charge in [-0.05, 0) is 30.5 Å². The molecule has 0 N–H and O–H groups in total. The van der Waals surface area contributed by atoms with E-state index in [0.29, 0.717) is 44.3 Å². The van der Waals surface area contributed by atoms with Crippen LogP contribution in [0.3, 0.4) is 0 Å². The molecule has 7 nitrogen and oxygen atoms in total. The Morgan fingerprint density at radius 3 is 2.73 bits per heavy atom. The van der Waals surface area contributed by atoms with Crippen LogP contribution in [0.2, 0.25) is 0 Å². The Balaban J connectivity index is 1.24. The van der Waals surface area contributed by atoms with Crippen LogP contribution in [0.1, 0.15) is 32.1 Å². The van der Waals surface area contributed by atoms with Gasteiger partial charge < -0.3 is 18.8 Å². The zero-order chi connectivity index (χ0) is 20.8. The second-order valence-corrected chi connectivity index (χ2v) is 7.87. The summed E-state index contributed by atoms with van der Waals surface area (Å²) in [5, 5.41) is 12.0. The van der Waals surface area contributed by atoms with Crippen molar-refractivity contribution in [2.24, 2.45) is 0 Å². The third-order valence-corrected chi connectivity index (χ3v) is 5.71. The minimum atomic E-state index is 0.0831. The van der Waals surface area contributed by atoms with Gasteiger partial charge in [-0.3, -0.25) is 4.79 Å². The quantitative estimate of drug-likeness (QED) is 0.536. The van der Waals surface area contributed by atoms with Crippen LogP contribution >= 0.6 is 11.3 Å². The fourth-order valence-corrected chi connectivity index (χ4v) is 4.08. The molecule has 0 aliphatic carbocycles. The standard InChI is InChI=1S/C22H25N3O4S/c1-2-27-18-5-3-4-6-19(18)28-17-9-12-25(13-10-17)21(26)8-7-20-23-24-22(29-20)16-11-14-30-15-16/h3-6,11,14-15,17H,2,7-10,12-13H2,1H3. The van der Waals surface area contributed by atoms with E-state index in [4.69, 9.17) is 13.9 Å². The Labute approximate surface area is 179 Å². The molecule has 4 rings (SSSR count). The summed E-state index contributed by atoms with van der Waals surface area (Å²) in [5.74, 6) is 2.64. The molecule has 1 aliphatic heterocycles. The number of likely N-dealkylation sites (tertiary alicyclic amines) is 1. The fraction of sp³-hybridized carbons (Fsp3) is 0.409. The van der Waals surface area contributed by atoms with Crippen molar-refractivity contribution in [3.05, 3.63) is 47.0 Å². The number of ether oxygens (including phenoxy) is 2. The lowest BCUT2D eigenvalue weighted by molar-refractivity contribution is -0.133. The molecule has 0 atom stereocenters. The van der Waals surface area contributed by atoms with Gasteiger partial charge in [0.25, 0.3) is 0 Å². The summed E-state index contributed by atoms with van der Waals surface area (Å²) in [6, 6.07) is 9.66. The summed E-state index contributed by atoms with van der Waals surface area (Å²) in [5.41, 5.74) is 0.915. The summed E-state index contributed by atoms with van der Waals surface area (Å²) in [6.45, 7) is 3.93. The average molecular weight is 428 g/mol. The van der Waals surface area contributed by atoms with Crippen molar-refractivity contribution in [2.75, 3.05) is 19.7 Å². The average Bonchev–Trinajstić information content (AvgIpc) is 3.46. The molecule has 158 valence electrons. The molecule has 3 heterocycles. The van der Waals surface area contributed by atoms with Gasteiger partial charge in [0.1, 0.15) is 6.10 Å². The molecule has 3 aromatic rings. The molecule has 0 unspecified atom stereocenters. The number of carbonyl (C=O) groups is 1. The van der Waals surface area contributed by atoms with E-state index in [-0.39, 0.29) is 12.0 Å². The van der Waals surface area contributed by atoms with E-state index in [0.717, 1.165) is 29.9 Å². The first-order valence-electron chi connectivity index (χ1n) is 10.2. The minimum Gasteiger partial charge on any atom is -0.490 e. The van der Waals surface area contributed by atoms with E-state index >= 15 is 0 Å². The maximum absolute atomic E-state index is 12.6. The highest BCUT2D eigenvalue weighted by Crippen LogP contribution is 2.29. The van der Waals surface area contributed by atoms with Crippen LogP contribution in [0, 0.1) is 0 Å². The van der Waals surface area contributed by atoms with Crippen molar-refractivity contribution in [1.29, 1.82) is 0 Å². The smallest absolute Gasteiger partial charge is 0.248 e. The molecule has 1 aliphatic rings. The Hall–Kier alpha value is -2.87. The van der Waals surface area contributed by atoms with E-state index in [9.17, 15) is 4.79 Å². The normalized spacial score (nSPS) is 14.6. The number of nitrogens with zero attached hydrogens (tertiary/aromatic N) is 3. The number of benzene rings is 1. The molecule has 1 fully saturated rings. The van der Waals surface area contributed by atoms with E-state index in [1.807, 2.05) is 52.9 Å². The largest absolute Gasteiger partial charge is 0.490 e. The molecular formula is C22H25N3O4S. The Kier molecular flexibility index (Phi) is 6.63. The van der Waals surface area contributed by atoms with Crippen molar-refractivity contribution < 1.29 is 18.7 Å². The first-order valence-corrected chi connectivity index (χ1v) is 11.2. The maximum Gasteiger partial charge on any atom is 0.248 e. The lowest BCUT2D eigenvalue weighted by Gasteiger charge is -2.32. The van der Waals surface area contributed by atoms with Crippen LogP contribution in [0.4, 0.5) is 0 Å². The van der Waals surface area contributed by atoms with Gasteiger partial charge >= 0.3 is 0 Å². The molecular weight excluding hydrogens is 402 g/mol. The number of hydrogen-bond donors (Lipinski definition) is 0. The van der Waals surface area contributed by atoms with Crippen molar-refractivity contribution >= 4 is 17.2 Å². The van der Waals surface area contributed by atoms with Gasteiger partial charge in [-0.1, -0.05) is 12.1 Å². The van der Waals surface area contributed by atoms with Gasteiger partial charge in [-0.25, -0.2) is 0 Å². The molecule has 0 bridgehead atoms. The summed E-state index contributed by atoms with van der Waals surface area (Å²) in [4.78, 5) is 14.5. The number of carbonyl (C=O) groups excluding carboxylic acids is 1. The van der Waals surface area contributed by atoms with Crippen LogP contribution in [0.5, 0.6) is 11.5 Å². The molecule has 1 amide bonds. The lowest BCUT2D eigenvalue weighted by Crippen LogP contribution is -2.41. The highest BCUT2D eigenvalue weighted by atomic mass is 32.1. The number of para-hydroxylation sites is 2. The highest BCUT2D eigenvalue weighted by Gasteiger charge is 2.25. The van der Waals surface area contributed by atoms with Crippen LogP contribution in [-0.4, -0.2) is 46.8 Å². The third-order valence-electron chi connectivity index (χ3n) is 5.03. The molecule has 8 heteroatoms. The SMILES string of the molecule is CCOc1ccccc1OC1CCN(C(=O)CCc2nnc(-c3ccsc3)o2)CC1. The van der Waals surface area contributed by atoms with Gasteiger partial charge in [0, 0.05) is 49.7 Å². The lowest BCUT2D eigenvalue weighted by atomic mass is 10.1. The second kappa shape index (κ2) is 9.75. The number of piperidine rings is 1. The van der Waals surface area contributed by atoms with Gasteiger partial charge in [0.15, 0.2) is 11.5 Å². The van der Waals surface area contributed by atoms with Crippen LogP contribution < -0.4 is 9.47 Å². The van der Waals surface area contributed by atoms with Crippen LogP contribution in [0.15, 0.2) is 45.5 Å². The third kappa shape index (κ3) is 4.99. The van der Waals surface area contributed by atoms with E-state index in [1.165, 1.54) is 0 Å². The number of hydrogen-bond acceptors (Lipinski definition) is 7. The van der Waals surface area contributed by atoms with Crippen molar-refractivity contribution in [3.63, 3.8) is 0 Å². The Bertz CT molecular complexity index is 949. The van der Waals surface area contributed by atoms with Crippen molar-refractivity contribution in [2.45, 2.75) is 38.7 Å². The second-order valence-electron chi connectivity index (χ2n) is 7.09. The van der Waals surface area contributed by atoms with Crippen molar-refractivity contribution in [1.82, 2.24) is 15.1 Å². The zero-order valence-electron chi connectivity index (χ0n) is 17.0. The molecule has 1 saturated heterocycles. The highest BCUT2D eigenvalue weighted by molar-refractivity contribution is 7.08. The molecule has 30 heavy (non-hydrogen) atoms. The molecule has 0 saturated carbocycles. The number of amides is 1. The van der Waals surface area contributed by atoms with Gasteiger partial charge in [0.05, 0.1) is 6.61 Å². The van der Waals surface area contributed by atoms with E-state index in [2.05, 4.69) is 10.2 Å². The predicted molar refractivity (Wildman–Crippen MR) is 114 cm³/mol. The Morgan fingerprint density at radius 1 is 1.20 bits per heavy atom. The Morgan fingerprint density at radius 2 is 2.00 bits per heavy atom. The number of thiophene rings is 1. The van der Waals surface area contributed by atoms with Crippen LogP contribution in [-0.2, 0) is 11.2 Å². The van der Waals surface area contributed by atoms with Crippen molar-refractivity contribution in [3.8, 4) is 23.0 Å². The van der Waals surface area contributed by atoms with E-state index in [1.54, 1.807) is 11.3 Å². The van der Waals surface area contributed by atoms with Gasteiger partial charge in [-0.15, -0.1) is 10.2 Å². The van der Waals surface area contributed by atoms with Gasteiger partial charge in [0.2, 0.25) is 17.7 Å². The molecule has 0 spiro atoms. The zero-order valence-corrected chi connectivity index (χ0v) is 17.8. The summed E-state index contributed by atoms with van der Waals surface area (Å²) < 4.78 is 17.4. The van der Waals surface area contributed by atoms with Gasteiger partial charge in [-0.2, -0.15) is 11.3 Å².